The Morgan fingerprint density at radius 1 is 1.21 bits per heavy atom. The van der Waals surface area contributed by atoms with Crippen LogP contribution in [0.2, 0.25) is 0 Å². The summed E-state index contributed by atoms with van der Waals surface area (Å²) in [4.78, 5) is 0. The lowest BCUT2D eigenvalue weighted by Gasteiger charge is -2.54. The Morgan fingerprint density at radius 3 is 2.21 bits per heavy atom. The van der Waals surface area contributed by atoms with E-state index in [1.165, 1.54) is 38.5 Å². The Morgan fingerprint density at radius 2 is 1.79 bits per heavy atom. The molecule has 2 rings (SSSR count). The van der Waals surface area contributed by atoms with Crippen molar-refractivity contribution >= 4 is 0 Å². The first-order chi connectivity index (χ1) is 6.55. The maximum absolute atomic E-state index is 5.91. The van der Waals surface area contributed by atoms with E-state index in [1.54, 1.807) is 0 Å². The Bertz CT molecular complexity index is 196. The quantitative estimate of drug-likeness (QED) is 0.725. The summed E-state index contributed by atoms with van der Waals surface area (Å²) < 4.78 is 0. The minimum absolute atomic E-state index is 0.290. The van der Waals surface area contributed by atoms with Crippen LogP contribution in [0.25, 0.3) is 0 Å². The summed E-state index contributed by atoms with van der Waals surface area (Å²) in [5, 5.41) is 3.81. The molecule has 0 unspecified atom stereocenters. The average molecular weight is 196 g/mol. The van der Waals surface area contributed by atoms with E-state index in [-0.39, 0.29) is 0 Å². The first-order valence-corrected chi connectivity index (χ1v) is 6.03. The number of hydrogen-bond donors (Lipinski definition) is 2. The molecule has 0 saturated heterocycles. The molecule has 0 aromatic carbocycles. The standard InChI is InChI=1S/C12H24N2/c1-11(2)7-12(8-11,9-13)14-10-5-3-4-6-10/h10,14H,3-9,13H2,1-2H3. The molecule has 14 heavy (non-hydrogen) atoms. The van der Waals surface area contributed by atoms with E-state index in [2.05, 4.69) is 19.2 Å². The Kier molecular flexibility index (Phi) is 2.61. The Balaban J connectivity index is 1.88. The molecule has 2 aliphatic carbocycles. The number of rotatable bonds is 3. The predicted octanol–water partition coefficient (Wildman–Crippen LogP) is 2.04. The number of nitrogens with two attached hydrogens (primary N) is 1. The molecule has 2 fully saturated rings. The number of hydrogen-bond acceptors (Lipinski definition) is 2. The molecule has 0 bridgehead atoms. The summed E-state index contributed by atoms with van der Waals surface area (Å²) in [6.07, 6.45) is 8.05. The second-order valence-electron chi connectivity index (χ2n) is 6.13. The molecule has 2 saturated carbocycles. The van der Waals surface area contributed by atoms with E-state index in [9.17, 15) is 0 Å². The van der Waals surface area contributed by atoms with Crippen molar-refractivity contribution in [1.82, 2.24) is 5.32 Å². The molecule has 2 nitrogen and oxygen atoms in total. The lowest BCUT2D eigenvalue weighted by Crippen LogP contribution is -2.64. The lowest BCUT2D eigenvalue weighted by atomic mass is 9.59. The van der Waals surface area contributed by atoms with Crippen molar-refractivity contribution in [1.29, 1.82) is 0 Å². The SMILES string of the molecule is CC1(C)CC(CN)(NC2CCCC2)C1. The zero-order valence-corrected chi connectivity index (χ0v) is 9.60. The van der Waals surface area contributed by atoms with E-state index in [0.29, 0.717) is 11.0 Å². The monoisotopic (exact) mass is 196 g/mol. The molecule has 3 N–H and O–H groups in total. The second kappa shape index (κ2) is 3.49. The lowest BCUT2D eigenvalue weighted by molar-refractivity contribution is 0.0292. The Hall–Kier alpha value is -0.0800. The van der Waals surface area contributed by atoms with Gasteiger partial charge in [-0.15, -0.1) is 0 Å². The van der Waals surface area contributed by atoms with Crippen LogP contribution in [0.1, 0.15) is 52.4 Å². The van der Waals surface area contributed by atoms with E-state index in [1.807, 2.05) is 0 Å². The molecular weight excluding hydrogens is 172 g/mol. The summed E-state index contributed by atoms with van der Waals surface area (Å²) >= 11 is 0. The zero-order chi connectivity index (χ0) is 10.2. The van der Waals surface area contributed by atoms with Gasteiger partial charge in [-0.1, -0.05) is 26.7 Å². The highest BCUT2D eigenvalue weighted by Crippen LogP contribution is 2.47. The third-order valence-electron chi connectivity index (χ3n) is 3.89. The summed E-state index contributed by atoms with van der Waals surface area (Å²) in [6.45, 7) is 5.50. The minimum atomic E-state index is 0.290. The third-order valence-corrected chi connectivity index (χ3v) is 3.89. The van der Waals surface area contributed by atoms with Gasteiger partial charge in [0.15, 0.2) is 0 Å². The van der Waals surface area contributed by atoms with Gasteiger partial charge in [0.25, 0.3) is 0 Å². The minimum Gasteiger partial charge on any atom is -0.329 e. The summed E-state index contributed by atoms with van der Waals surface area (Å²) in [5.41, 5.74) is 6.71. The molecule has 0 aliphatic heterocycles. The van der Waals surface area contributed by atoms with Crippen LogP contribution in [-0.4, -0.2) is 18.1 Å². The van der Waals surface area contributed by atoms with Crippen molar-refractivity contribution in [2.24, 2.45) is 11.1 Å². The molecule has 2 heteroatoms. The maximum Gasteiger partial charge on any atom is 0.0316 e. The molecule has 0 amide bonds. The van der Waals surface area contributed by atoms with Gasteiger partial charge in [0.1, 0.15) is 0 Å². The highest BCUT2D eigenvalue weighted by molar-refractivity contribution is 5.07. The normalized spacial score (nSPS) is 30.2. The first-order valence-electron chi connectivity index (χ1n) is 6.03. The predicted molar refractivity (Wildman–Crippen MR) is 60.2 cm³/mol. The first kappa shape index (κ1) is 10.4. The van der Waals surface area contributed by atoms with Crippen LogP contribution >= 0.6 is 0 Å². The topological polar surface area (TPSA) is 38.0 Å². The van der Waals surface area contributed by atoms with Crippen LogP contribution < -0.4 is 11.1 Å². The van der Waals surface area contributed by atoms with E-state index < -0.39 is 0 Å². The van der Waals surface area contributed by atoms with Crippen LogP contribution in [0, 0.1) is 5.41 Å². The van der Waals surface area contributed by atoms with Crippen molar-refractivity contribution in [3.8, 4) is 0 Å². The van der Waals surface area contributed by atoms with Gasteiger partial charge in [-0.3, -0.25) is 0 Å². The molecule has 82 valence electrons. The summed E-state index contributed by atoms with van der Waals surface area (Å²) in [7, 11) is 0. The van der Waals surface area contributed by atoms with Crippen LogP contribution in [0.4, 0.5) is 0 Å². The van der Waals surface area contributed by atoms with Gasteiger partial charge in [-0.2, -0.15) is 0 Å². The van der Waals surface area contributed by atoms with Gasteiger partial charge in [0.05, 0.1) is 0 Å². The molecule has 0 atom stereocenters. The average Bonchev–Trinajstić information content (AvgIpc) is 2.53. The summed E-state index contributed by atoms with van der Waals surface area (Å²) in [5.74, 6) is 0. The van der Waals surface area contributed by atoms with Crippen molar-refractivity contribution in [2.75, 3.05) is 6.54 Å². The van der Waals surface area contributed by atoms with Crippen LogP contribution in [0.3, 0.4) is 0 Å². The van der Waals surface area contributed by atoms with Crippen molar-refractivity contribution in [3.63, 3.8) is 0 Å². The number of nitrogens with one attached hydrogen (secondary N) is 1. The Labute approximate surface area is 87.6 Å². The molecule has 2 aliphatic rings. The van der Waals surface area contributed by atoms with Crippen LogP contribution in [0.15, 0.2) is 0 Å². The van der Waals surface area contributed by atoms with Crippen LogP contribution in [-0.2, 0) is 0 Å². The molecule has 0 aromatic heterocycles. The highest BCUT2D eigenvalue weighted by atomic mass is 15.1. The fourth-order valence-corrected chi connectivity index (χ4v) is 3.59. The van der Waals surface area contributed by atoms with Gasteiger partial charge >= 0.3 is 0 Å². The largest absolute Gasteiger partial charge is 0.329 e. The molecule has 0 radical (unpaired) electrons. The van der Waals surface area contributed by atoms with Gasteiger partial charge in [0.2, 0.25) is 0 Å². The maximum atomic E-state index is 5.91. The highest BCUT2D eigenvalue weighted by Gasteiger charge is 2.48. The molecule has 0 spiro atoms. The smallest absolute Gasteiger partial charge is 0.0316 e. The second-order valence-corrected chi connectivity index (χ2v) is 6.13. The van der Waals surface area contributed by atoms with Gasteiger partial charge in [0, 0.05) is 18.1 Å². The molecular formula is C12H24N2. The van der Waals surface area contributed by atoms with Crippen molar-refractivity contribution < 1.29 is 0 Å². The van der Waals surface area contributed by atoms with E-state index in [0.717, 1.165) is 12.6 Å². The van der Waals surface area contributed by atoms with E-state index >= 15 is 0 Å². The van der Waals surface area contributed by atoms with Gasteiger partial charge < -0.3 is 11.1 Å². The third kappa shape index (κ3) is 1.96. The van der Waals surface area contributed by atoms with Gasteiger partial charge in [-0.25, -0.2) is 0 Å². The fourth-order valence-electron chi connectivity index (χ4n) is 3.59. The van der Waals surface area contributed by atoms with Crippen molar-refractivity contribution in [2.45, 2.75) is 64.0 Å². The fraction of sp³-hybridized carbons (Fsp3) is 1.00. The van der Waals surface area contributed by atoms with E-state index in [4.69, 9.17) is 5.73 Å². The zero-order valence-electron chi connectivity index (χ0n) is 9.60. The van der Waals surface area contributed by atoms with Crippen LogP contribution in [0.5, 0.6) is 0 Å². The molecule has 0 aromatic rings. The van der Waals surface area contributed by atoms with Gasteiger partial charge in [-0.05, 0) is 31.1 Å². The summed E-state index contributed by atoms with van der Waals surface area (Å²) in [6, 6.07) is 0.759. The molecule has 0 heterocycles. The van der Waals surface area contributed by atoms with Crippen molar-refractivity contribution in [3.05, 3.63) is 0 Å².